The lowest BCUT2D eigenvalue weighted by molar-refractivity contribution is 1.19. The zero-order chi connectivity index (χ0) is 30.9. The molecule has 0 atom stereocenters. The van der Waals surface area contributed by atoms with Crippen LogP contribution < -0.4 is 0 Å². The van der Waals surface area contributed by atoms with Crippen LogP contribution in [0, 0.1) is 0 Å². The molecule has 0 amide bonds. The zero-order valence-corrected chi connectivity index (χ0v) is 25.7. The Morgan fingerprint density at radius 1 is 0.319 bits per heavy atom. The van der Waals surface area contributed by atoms with Crippen molar-refractivity contribution in [2.45, 2.75) is 0 Å². The van der Waals surface area contributed by atoms with Crippen LogP contribution in [0.5, 0.6) is 0 Å². The molecule has 0 fully saturated rings. The molecule has 0 aliphatic rings. The van der Waals surface area contributed by atoms with E-state index in [1.54, 1.807) is 0 Å². The molecule has 1 aromatic heterocycles. The van der Waals surface area contributed by atoms with Gasteiger partial charge in [-0.05, 0) is 78.2 Å². The van der Waals surface area contributed by atoms with E-state index < -0.39 is 0 Å². The van der Waals surface area contributed by atoms with Gasteiger partial charge in [0.25, 0.3) is 0 Å². The van der Waals surface area contributed by atoms with Gasteiger partial charge < -0.3 is 4.57 Å². The molecule has 0 bridgehead atoms. The van der Waals surface area contributed by atoms with Crippen molar-refractivity contribution in [1.82, 2.24) is 4.57 Å². The van der Waals surface area contributed by atoms with Gasteiger partial charge in [-0.25, -0.2) is 0 Å². The van der Waals surface area contributed by atoms with E-state index in [9.17, 15) is 0 Å². The van der Waals surface area contributed by atoms with Crippen molar-refractivity contribution in [2.75, 3.05) is 0 Å². The van der Waals surface area contributed by atoms with Crippen LogP contribution in [0.3, 0.4) is 0 Å². The van der Waals surface area contributed by atoms with E-state index in [1.165, 1.54) is 87.1 Å². The fraction of sp³-hybridized carbons (Fsp3) is 0. The highest BCUT2D eigenvalue weighted by molar-refractivity contribution is 6.26. The van der Waals surface area contributed by atoms with Crippen molar-refractivity contribution in [2.24, 2.45) is 0 Å². The van der Waals surface area contributed by atoms with Crippen molar-refractivity contribution < 1.29 is 0 Å². The van der Waals surface area contributed by atoms with Gasteiger partial charge in [0.05, 0.1) is 11.0 Å². The predicted molar refractivity (Wildman–Crippen MR) is 202 cm³/mol. The monoisotopic (exact) mass is 595 g/mol. The third-order valence-corrected chi connectivity index (χ3v) is 9.93. The number of fused-ring (bicyclic) bond motifs is 9. The molecule has 0 N–H and O–H groups in total. The molecule has 0 unspecified atom stereocenters. The molecule has 0 saturated heterocycles. The molecule has 10 rings (SSSR count). The number of benzene rings is 9. The second kappa shape index (κ2) is 10.2. The number of hydrogen-bond acceptors (Lipinski definition) is 0. The Bertz CT molecular complexity index is 2820. The summed E-state index contributed by atoms with van der Waals surface area (Å²) in [6, 6.07) is 64.5. The fourth-order valence-corrected chi connectivity index (χ4v) is 7.95. The minimum Gasteiger partial charge on any atom is -0.309 e. The highest BCUT2D eigenvalue weighted by Gasteiger charge is 2.20. The summed E-state index contributed by atoms with van der Waals surface area (Å²) in [5, 5.41) is 12.7. The van der Waals surface area contributed by atoms with Crippen LogP contribution in [0.2, 0.25) is 0 Å². The lowest BCUT2D eigenvalue weighted by Crippen LogP contribution is -1.97. The van der Waals surface area contributed by atoms with Crippen LogP contribution in [0.15, 0.2) is 176 Å². The molecule has 47 heavy (non-hydrogen) atoms. The highest BCUT2D eigenvalue weighted by atomic mass is 15.0. The Kier molecular flexibility index (Phi) is 5.64. The van der Waals surface area contributed by atoms with Crippen molar-refractivity contribution in [3.63, 3.8) is 0 Å². The molecule has 0 aliphatic carbocycles. The van der Waals surface area contributed by atoms with E-state index in [4.69, 9.17) is 0 Å². The first-order valence-electron chi connectivity index (χ1n) is 16.3. The molecule has 1 heteroatoms. The first-order valence-corrected chi connectivity index (χ1v) is 16.3. The predicted octanol–water partition coefficient (Wildman–Crippen LogP) is 12.7. The maximum Gasteiger partial charge on any atom is 0.0619 e. The van der Waals surface area contributed by atoms with Crippen molar-refractivity contribution >= 4 is 64.9 Å². The molecule has 0 radical (unpaired) electrons. The van der Waals surface area contributed by atoms with Gasteiger partial charge in [-0.2, -0.15) is 0 Å². The van der Waals surface area contributed by atoms with Gasteiger partial charge >= 0.3 is 0 Å². The Morgan fingerprint density at radius 2 is 0.809 bits per heavy atom. The summed E-state index contributed by atoms with van der Waals surface area (Å²) < 4.78 is 2.50. The maximum atomic E-state index is 2.50. The number of hydrogen-bond donors (Lipinski definition) is 0. The first kappa shape index (κ1) is 26.1. The summed E-state index contributed by atoms with van der Waals surface area (Å²) in [5.41, 5.74) is 8.64. The molecule has 0 saturated carbocycles. The molecular weight excluding hydrogens is 567 g/mol. The lowest BCUT2D eigenvalue weighted by atomic mass is 9.86. The molecule has 0 aliphatic heterocycles. The SMILES string of the molecule is c1ccc(-c2c3ccccc3c(-c3ccccc3)c3cc(-n4c5ccc6ccccc6c5c5ccc6ccccc6c54)ccc23)cc1. The largest absolute Gasteiger partial charge is 0.309 e. The molecular formula is C46H29N. The third kappa shape index (κ3) is 3.84. The minimum absolute atomic E-state index is 1.16. The average molecular weight is 596 g/mol. The van der Waals surface area contributed by atoms with E-state index in [1.807, 2.05) is 0 Å². The molecule has 9 aromatic carbocycles. The lowest BCUT2D eigenvalue weighted by Gasteiger charge is -2.19. The summed E-state index contributed by atoms with van der Waals surface area (Å²) in [7, 11) is 0. The van der Waals surface area contributed by atoms with Gasteiger partial charge in [-0.1, -0.05) is 158 Å². The standard InChI is InChI=1S/C46H29N/c1-3-15-32(16-4-1)43-37-21-11-12-22-38(37)44(33-17-5-2-6-18-33)41-29-34(25-27-39(41)43)47-42-28-24-30-13-7-9-19-35(30)45(42)40-26-23-31-14-8-10-20-36(31)46(40)47/h1-29H. The van der Waals surface area contributed by atoms with Gasteiger partial charge in [0.1, 0.15) is 0 Å². The summed E-state index contributed by atoms with van der Waals surface area (Å²) in [4.78, 5) is 0. The Morgan fingerprint density at radius 3 is 1.49 bits per heavy atom. The average Bonchev–Trinajstić information content (AvgIpc) is 3.50. The number of aromatic nitrogens is 1. The van der Waals surface area contributed by atoms with Crippen LogP contribution in [-0.4, -0.2) is 4.57 Å². The topological polar surface area (TPSA) is 4.93 Å². The van der Waals surface area contributed by atoms with E-state index in [0.717, 1.165) is 5.69 Å². The minimum atomic E-state index is 1.16. The van der Waals surface area contributed by atoms with Crippen molar-refractivity contribution in [1.29, 1.82) is 0 Å². The van der Waals surface area contributed by atoms with E-state index in [2.05, 4.69) is 180 Å². The van der Waals surface area contributed by atoms with Gasteiger partial charge in [0, 0.05) is 21.8 Å². The maximum absolute atomic E-state index is 2.50. The van der Waals surface area contributed by atoms with Gasteiger partial charge in [-0.15, -0.1) is 0 Å². The number of rotatable bonds is 3. The van der Waals surface area contributed by atoms with Crippen molar-refractivity contribution in [3.05, 3.63) is 176 Å². The van der Waals surface area contributed by atoms with Crippen LogP contribution in [0.1, 0.15) is 0 Å². The Labute approximate surface area is 272 Å². The second-order valence-electron chi connectivity index (χ2n) is 12.5. The molecule has 218 valence electrons. The smallest absolute Gasteiger partial charge is 0.0619 e. The number of nitrogens with zero attached hydrogens (tertiary/aromatic N) is 1. The van der Waals surface area contributed by atoms with Crippen LogP contribution in [-0.2, 0) is 0 Å². The Balaban J connectivity index is 1.40. The van der Waals surface area contributed by atoms with Crippen LogP contribution in [0.25, 0.3) is 92.8 Å². The third-order valence-electron chi connectivity index (χ3n) is 9.93. The van der Waals surface area contributed by atoms with Crippen LogP contribution in [0.4, 0.5) is 0 Å². The quantitative estimate of drug-likeness (QED) is 0.179. The van der Waals surface area contributed by atoms with E-state index in [-0.39, 0.29) is 0 Å². The summed E-state index contributed by atoms with van der Waals surface area (Å²) in [6.07, 6.45) is 0. The Hall–Kier alpha value is -6.18. The zero-order valence-electron chi connectivity index (χ0n) is 25.7. The van der Waals surface area contributed by atoms with E-state index in [0.29, 0.717) is 0 Å². The van der Waals surface area contributed by atoms with Crippen LogP contribution >= 0.6 is 0 Å². The molecule has 0 spiro atoms. The molecule has 1 heterocycles. The summed E-state index contributed by atoms with van der Waals surface area (Å²) in [6.45, 7) is 0. The molecule has 10 aromatic rings. The fourth-order valence-electron chi connectivity index (χ4n) is 7.95. The summed E-state index contributed by atoms with van der Waals surface area (Å²) in [5.74, 6) is 0. The highest BCUT2D eigenvalue weighted by Crippen LogP contribution is 2.46. The first-order chi connectivity index (χ1) is 23.3. The normalized spacial score (nSPS) is 11.8. The van der Waals surface area contributed by atoms with Crippen molar-refractivity contribution in [3.8, 4) is 27.9 Å². The van der Waals surface area contributed by atoms with Gasteiger partial charge in [-0.3, -0.25) is 0 Å². The molecule has 1 nitrogen and oxygen atoms in total. The van der Waals surface area contributed by atoms with Gasteiger partial charge in [0.15, 0.2) is 0 Å². The van der Waals surface area contributed by atoms with Gasteiger partial charge in [0.2, 0.25) is 0 Å². The summed E-state index contributed by atoms with van der Waals surface area (Å²) >= 11 is 0. The second-order valence-corrected chi connectivity index (χ2v) is 12.5. The van der Waals surface area contributed by atoms with E-state index >= 15 is 0 Å².